The number of nitrogens with one attached hydrogen (secondary N) is 1. The molecule has 1 unspecified atom stereocenters. The van der Waals surface area contributed by atoms with Crippen molar-refractivity contribution in [3.05, 3.63) is 90.8 Å². The predicted octanol–water partition coefficient (Wildman–Crippen LogP) is 5.07. The Morgan fingerprint density at radius 2 is 1.68 bits per heavy atom. The molecule has 5 aromatic rings. The van der Waals surface area contributed by atoms with Gasteiger partial charge in [-0.2, -0.15) is 0 Å². The average Bonchev–Trinajstić information content (AvgIpc) is 3.46. The van der Waals surface area contributed by atoms with Gasteiger partial charge in [-0.05, 0) is 0 Å². The Morgan fingerprint density at radius 3 is 2.35 bits per heavy atom. The van der Waals surface area contributed by atoms with Gasteiger partial charge in [0.05, 0.1) is 0 Å². The van der Waals surface area contributed by atoms with E-state index in [1.807, 2.05) is 22.9 Å². The van der Waals surface area contributed by atoms with Crippen molar-refractivity contribution in [1.29, 1.82) is 0 Å². The van der Waals surface area contributed by atoms with Gasteiger partial charge in [-0.15, -0.1) is 0 Å². The van der Waals surface area contributed by atoms with Crippen LogP contribution in [0.3, 0.4) is 0 Å². The molecule has 31 heavy (non-hydrogen) atoms. The zero-order valence-corrected chi connectivity index (χ0v) is 19.5. The summed E-state index contributed by atoms with van der Waals surface area (Å²) >= 11 is 1.86. The van der Waals surface area contributed by atoms with E-state index in [0.717, 1.165) is 39.4 Å². The number of hydrogen-bond acceptors (Lipinski definition) is 2. The van der Waals surface area contributed by atoms with Crippen LogP contribution in [-0.2, 0) is 4.20 Å². The number of aromatic amines is 1. The molecule has 1 atom stereocenters. The number of benzene rings is 2. The number of H-pyrrole nitrogens is 1. The summed E-state index contributed by atoms with van der Waals surface area (Å²) in [6.07, 6.45) is 7.84. The molecule has 0 spiro atoms. The van der Waals surface area contributed by atoms with Crippen LogP contribution in [0, 0.1) is 0 Å². The van der Waals surface area contributed by atoms with Gasteiger partial charge in [-0.25, -0.2) is 0 Å². The Kier molecular flexibility index (Phi) is 4.36. The number of hydrogen-bond donors (Lipinski definition) is 1. The molecule has 1 N–H and O–H groups in total. The summed E-state index contributed by atoms with van der Waals surface area (Å²) in [5.41, 5.74) is 8.84. The predicted molar refractivity (Wildman–Crippen MR) is 128 cm³/mol. The van der Waals surface area contributed by atoms with Crippen LogP contribution in [0.4, 0.5) is 0 Å². The molecule has 0 radical (unpaired) electrons. The zero-order valence-electron chi connectivity index (χ0n) is 17.1. The topological polar surface area (TPSA) is 46.0 Å². The fourth-order valence-corrected chi connectivity index (χ4v) is 5.82. The summed E-state index contributed by atoms with van der Waals surface area (Å²) in [7, 11) is 0. The summed E-state index contributed by atoms with van der Waals surface area (Å²) in [5.74, 6) is 0. The standard InChI is InChI=1S/C26H23AsN4/c27-26(14-5-15-26)20-11-9-18(10-12-20)23-24(19-6-2-1-3-7-19)31-17-4-8-21(25(31)29-23)22-13-16-28-30-22/h1-4,6-13,16-17H,5,14-15,27H2,(H,28,30). The Morgan fingerprint density at radius 1 is 0.871 bits per heavy atom. The molecule has 0 aliphatic heterocycles. The third-order valence-electron chi connectivity index (χ3n) is 6.47. The van der Waals surface area contributed by atoms with Gasteiger partial charge in [0.15, 0.2) is 0 Å². The summed E-state index contributed by atoms with van der Waals surface area (Å²) in [6.45, 7) is 0. The minimum absolute atomic E-state index is 0.403. The molecule has 3 aromatic heterocycles. The molecule has 0 bridgehead atoms. The van der Waals surface area contributed by atoms with E-state index in [1.165, 1.54) is 24.8 Å². The maximum absolute atomic E-state index is 5.16. The Bertz CT molecular complexity index is 1350. The second-order valence-corrected chi connectivity index (χ2v) is 10.7. The minimum atomic E-state index is 0.403. The fraction of sp³-hybridized carbons (Fsp3) is 0.154. The third-order valence-corrected chi connectivity index (χ3v) is 8.38. The van der Waals surface area contributed by atoms with Crippen LogP contribution in [0.5, 0.6) is 0 Å². The van der Waals surface area contributed by atoms with Crippen LogP contribution in [0.2, 0.25) is 0 Å². The molecule has 1 aliphatic carbocycles. The van der Waals surface area contributed by atoms with E-state index in [2.05, 4.69) is 87.5 Å². The Balaban J connectivity index is 1.57. The van der Waals surface area contributed by atoms with Gasteiger partial charge in [0.1, 0.15) is 0 Å². The SMILES string of the molecule is [AsH2]C1(c2ccc(-c3nc4c(-c5ccn[nH]5)cccn4c3-c3ccccc3)cc2)CCC1. The van der Waals surface area contributed by atoms with E-state index in [1.54, 1.807) is 6.20 Å². The maximum atomic E-state index is 5.16. The molecule has 5 heteroatoms. The quantitative estimate of drug-likeness (QED) is 0.376. The zero-order chi connectivity index (χ0) is 20.8. The van der Waals surface area contributed by atoms with E-state index < -0.39 is 0 Å². The summed E-state index contributed by atoms with van der Waals surface area (Å²) < 4.78 is 2.60. The molecule has 3 heterocycles. The van der Waals surface area contributed by atoms with Crippen molar-refractivity contribution in [1.82, 2.24) is 19.6 Å². The molecule has 1 aliphatic rings. The van der Waals surface area contributed by atoms with Gasteiger partial charge in [0.25, 0.3) is 0 Å². The number of rotatable bonds is 4. The van der Waals surface area contributed by atoms with Crippen molar-refractivity contribution in [2.75, 3.05) is 0 Å². The van der Waals surface area contributed by atoms with Crippen LogP contribution in [0.15, 0.2) is 85.2 Å². The molecule has 1 saturated carbocycles. The first-order valence-electron chi connectivity index (χ1n) is 10.7. The van der Waals surface area contributed by atoms with Gasteiger partial charge in [-0.1, -0.05) is 0 Å². The first kappa shape index (κ1) is 18.7. The molecular weight excluding hydrogens is 443 g/mol. The summed E-state index contributed by atoms with van der Waals surface area (Å²) in [6, 6.07) is 25.8. The summed E-state index contributed by atoms with van der Waals surface area (Å²) in [4.78, 5) is 5.16. The van der Waals surface area contributed by atoms with Gasteiger partial charge >= 0.3 is 190 Å². The number of imidazole rings is 1. The number of fused-ring (bicyclic) bond motifs is 1. The van der Waals surface area contributed by atoms with Crippen LogP contribution in [-0.4, -0.2) is 36.4 Å². The van der Waals surface area contributed by atoms with E-state index in [0.29, 0.717) is 4.20 Å². The number of aromatic nitrogens is 4. The Labute approximate surface area is 189 Å². The van der Waals surface area contributed by atoms with Crippen molar-refractivity contribution in [3.8, 4) is 33.8 Å². The second-order valence-electron chi connectivity index (χ2n) is 8.35. The van der Waals surface area contributed by atoms with E-state index in [4.69, 9.17) is 4.98 Å². The number of pyridine rings is 1. The van der Waals surface area contributed by atoms with Crippen molar-refractivity contribution in [2.45, 2.75) is 23.5 Å². The average molecular weight is 466 g/mol. The molecule has 0 amide bonds. The van der Waals surface area contributed by atoms with E-state index in [-0.39, 0.29) is 0 Å². The van der Waals surface area contributed by atoms with Crippen molar-refractivity contribution in [3.63, 3.8) is 0 Å². The second kappa shape index (κ2) is 7.25. The van der Waals surface area contributed by atoms with Crippen LogP contribution < -0.4 is 0 Å². The first-order valence-corrected chi connectivity index (χ1v) is 11.9. The van der Waals surface area contributed by atoms with Gasteiger partial charge in [-0.3, -0.25) is 0 Å². The molecule has 6 rings (SSSR count). The van der Waals surface area contributed by atoms with Crippen molar-refractivity contribution >= 4 is 22.5 Å². The van der Waals surface area contributed by atoms with Gasteiger partial charge in [0.2, 0.25) is 0 Å². The van der Waals surface area contributed by atoms with Gasteiger partial charge in [0, 0.05) is 0 Å². The molecule has 4 nitrogen and oxygen atoms in total. The van der Waals surface area contributed by atoms with E-state index in [9.17, 15) is 0 Å². The molecule has 1 fully saturated rings. The molecule has 2 aromatic carbocycles. The monoisotopic (exact) mass is 466 g/mol. The normalized spacial score (nSPS) is 15.1. The first-order chi connectivity index (χ1) is 15.2. The van der Waals surface area contributed by atoms with Gasteiger partial charge < -0.3 is 0 Å². The van der Waals surface area contributed by atoms with Crippen molar-refractivity contribution in [2.24, 2.45) is 0 Å². The Hall–Kier alpha value is -3.10. The van der Waals surface area contributed by atoms with E-state index >= 15 is 0 Å². The molecular formula is C26H23AsN4. The molecule has 0 saturated heterocycles. The fourth-order valence-electron chi connectivity index (χ4n) is 4.56. The summed E-state index contributed by atoms with van der Waals surface area (Å²) in [5, 5.41) is 7.23. The van der Waals surface area contributed by atoms with Crippen LogP contribution >= 0.6 is 0 Å². The number of nitrogens with zero attached hydrogens (tertiary/aromatic N) is 3. The van der Waals surface area contributed by atoms with Crippen LogP contribution in [0.1, 0.15) is 24.8 Å². The third kappa shape index (κ3) is 3.05. The van der Waals surface area contributed by atoms with Crippen molar-refractivity contribution < 1.29 is 0 Å². The molecule has 152 valence electrons. The van der Waals surface area contributed by atoms with Crippen LogP contribution in [0.25, 0.3) is 39.4 Å².